The van der Waals surface area contributed by atoms with Gasteiger partial charge in [0, 0.05) is 11.3 Å². The molecule has 0 aliphatic heterocycles. The predicted molar refractivity (Wildman–Crippen MR) is 99.6 cm³/mol. The van der Waals surface area contributed by atoms with Gasteiger partial charge in [0.25, 0.3) is 0 Å². The molecule has 2 aromatic rings. The number of nitrogens with zero attached hydrogens (tertiary/aromatic N) is 2. The highest BCUT2D eigenvalue weighted by molar-refractivity contribution is 5.82. The van der Waals surface area contributed by atoms with E-state index in [1.807, 2.05) is 12.1 Å². The van der Waals surface area contributed by atoms with E-state index in [9.17, 15) is 5.26 Å². The highest BCUT2D eigenvalue weighted by atomic mass is 16.5. The monoisotopic (exact) mass is 353 g/mol. The van der Waals surface area contributed by atoms with Gasteiger partial charge in [0.15, 0.2) is 11.5 Å². The molecule has 2 N–H and O–H groups in total. The molecule has 0 spiro atoms. The lowest BCUT2D eigenvalue weighted by molar-refractivity contribution is 0.324. The van der Waals surface area contributed by atoms with E-state index in [4.69, 9.17) is 19.9 Å². The Balaban J connectivity index is 2.33. The minimum Gasteiger partial charge on any atom is -0.493 e. The van der Waals surface area contributed by atoms with E-state index in [1.165, 1.54) is 0 Å². The molecule has 0 saturated carbocycles. The standard InChI is InChI=1S/C20H23N3O3/c1-11-5-6-15-13(7-11)18(14(10-21)20(22)23-15)12-8-16(24-2)19(26-4)17(9-12)25-3/h8-9,11H,5-7H2,1-4H3,(H2,22,23). The molecule has 1 aromatic heterocycles. The number of fused-ring (bicyclic) bond motifs is 1. The van der Waals surface area contributed by atoms with E-state index < -0.39 is 0 Å². The number of anilines is 1. The van der Waals surface area contributed by atoms with Gasteiger partial charge in [0.2, 0.25) is 5.75 Å². The van der Waals surface area contributed by atoms with Gasteiger partial charge < -0.3 is 19.9 Å². The summed E-state index contributed by atoms with van der Waals surface area (Å²) in [5.41, 5.74) is 10.2. The summed E-state index contributed by atoms with van der Waals surface area (Å²) < 4.78 is 16.4. The zero-order valence-corrected chi connectivity index (χ0v) is 15.5. The number of nitriles is 1. The van der Waals surface area contributed by atoms with Gasteiger partial charge in [-0.05, 0) is 48.4 Å². The van der Waals surface area contributed by atoms with E-state index in [1.54, 1.807) is 21.3 Å². The molecule has 1 aliphatic rings. The Hall–Kier alpha value is -2.94. The molecular formula is C20H23N3O3. The molecule has 3 rings (SSSR count). The maximum Gasteiger partial charge on any atom is 0.203 e. The van der Waals surface area contributed by atoms with Crippen LogP contribution in [-0.2, 0) is 12.8 Å². The Morgan fingerprint density at radius 3 is 2.35 bits per heavy atom. The van der Waals surface area contributed by atoms with Crippen LogP contribution < -0.4 is 19.9 Å². The van der Waals surface area contributed by atoms with Gasteiger partial charge in [-0.1, -0.05) is 6.92 Å². The van der Waals surface area contributed by atoms with Crippen molar-refractivity contribution in [2.75, 3.05) is 27.1 Å². The van der Waals surface area contributed by atoms with Crippen LogP contribution in [-0.4, -0.2) is 26.3 Å². The van der Waals surface area contributed by atoms with Gasteiger partial charge in [0.1, 0.15) is 17.5 Å². The van der Waals surface area contributed by atoms with E-state index in [0.717, 1.165) is 41.6 Å². The molecular weight excluding hydrogens is 330 g/mol. The number of aromatic nitrogens is 1. The lowest BCUT2D eigenvalue weighted by Crippen LogP contribution is -2.17. The summed E-state index contributed by atoms with van der Waals surface area (Å²) in [4.78, 5) is 4.49. The van der Waals surface area contributed by atoms with Crippen LogP contribution in [0.25, 0.3) is 11.1 Å². The predicted octanol–water partition coefficient (Wildman–Crippen LogP) is 3.35. The number of methoxy groups -OCH3 is 3. The molecule has 1 aliphatic carbocycles. The van der Waals surface area contributed by atoms with Crippen LogP contribution in [0.2, 0.25) is 0 Å². The van der Waals surface area contributed by atoms with Crippen LogP contribution in [0.1, 0.15) is 30.2 Å². The maximum atomic E-state index is 9.72. The second-order valence-corrected chi connectivity index (χ2v) is 6.55. The number of benzene rings is 1. The number of hydrogen-bond acceptors (Lipinski definition) is 6. The van der Waals surface area contributed by atoms with Crippen molar-refractivity contribution in [3.8, 4) is 34.4 Å². The molecule has 0 bridgehead atoms. The molecule has 0 radical (unpaired) electrons. The fourth-order valence-corrected chi connectivity index (χ4v) is 3.61. The first-order valence-electron chi connectivity index (χ1n) is 8.55. The summed E-state index contributed by atoms with van der Waals surface area (Å²) in [5.74, 6) is 2.39. The average molecular weight is 353 g/mol. The third-order valence-electron chi connectivity index (χ3n) is 4.90. The minimum atomic E-state index is 0.268. The van der Waals surface area contributed by atoms with Gasteiger partial charge in [-0.15, -0.1) is 0 Å². The third kappa shape index (κ3) is 2.90. The number of pyridine rings is 1. The molecule has 26 heavy (non-hydrogen) atoms. The summed E-state index contributed by atoms with van der Waals surface area (Å²) in [6.45, 7) is 2.21. The van der Waals surface area contributed by atoms with Gasteiger partial charge >= 0.3 is 0 Å². The van der Waals surface area contributed by atoms with Gasteiger partial charge in [-0.2, -0.15) is 5.26 Å². The Bertz CT molecular complexity index is 862. The van der Waals surface area contributed by atoms with Gasteiger partial charge in [-0.25, -0.2) is 4.98 Å². The molecule has 0 saturated heterocycles. The van der Waals surface area contributed by atoms with Crippen LogP contribution in [0.15, 0.2) is 12.1 Å². The molecule has 136 valence electrons. The average Bonchev–Trinajstić information content (AvgIpc) is 2.65. The quantitative estimate of drug-likeness (QED) is 0.906. The lowest BCUT2D eigenvalue weighted by Gasteiger charge is -2.25. The Labute approximate surface area is 153 Å². The number of nitrogens with two attached hydrogens (primary N) is 1. The zero-order valence-electron chi connectivity index (χ0n) is 15.5. The maximum absolute atomic E-state index is 9.72. The van der Waals surface area contributed by atoms with E-state index in [0.29, 0.717) is 28.7 Å². The third-order valence-corrected chi connectivity index (χ3v) is 4.90. The second-order valence-electron chi connectivity index (χ2n) is 6.55. The summed E-state index contributed by atoms with van der Waals surface area (Å²) in [5, 5.41) is 9.72. The fraction of sp³-hybridized carbons (Fsp3) is 0.400. The molecule has 6 nitrogen and oxygen atoms in total. The van der Waals surface area contributed by atoms with Crippen LogP contribution in [0.3, 0.4) is 0 Å². The second kappa shape index (κ2) is 7.12. The van der Waals surface area contributed by atoms with E-state index >= 15 is 0 Å². The van der Waals surface area contributed by atoms with Crippen molar-refractivity contribution in [2.45, 2.75) is 26.2 Å². The van der Waals surface area contributed by atoms with Crippen molar-refractivity contribution in [3.63, 3.8) is 0 Å². The number of nitrogen functional groups attached to an aromatic ring is 1. The summed E-state index contributed by atoms with van der Waals surface area (Å²) in [6, 6.07) is 5.95. The Kier molecular flexibility index (Phi) is 4.90. The molecule has 1 heterocycles. The lowest BCUT2D eigenvalue weighted by atomic mass is 9.82. The van der Waals surface area contributed by atoms with Crippen molar-refractivity contribution >= 4 is 5.82 Å². The zero-order chi connectivity index (χ0) is 18.8. The summed E-state index contributed by atoms with van der Waals surface area (Å²) in [6.07, 6.45) is 2.80. The topological polar surface area (TPSA) is 90.4 Å². The highest BCUT2D eigenvalue weighted by Gasteiger charge is 2.26. The molecule has 0 fully saturated rings. The highest BCUT2D eigenvalue weighted by Crippen LogP contribution is 2.44. The molecule has 1 aromatic carbocycles. The van der Waals surface area contributed by atoms with Crippen LogP contribution in [0, 0.1) is 17.2 Å². The Morgan fingerprint density at radius 2 is 1.81 bits per heavy atom. The van der Waals surface area contributed by atoms with Crippen molar-refractivity contribution in [1.29, 1.82) is 5.26 Å². The smallest absolute Gasteiger partial charge is 0.203 e. The fourth-order valence-electron chi connectivity index (χ4n) is 3.61. The van der Waals surface area contributed by atoms with Crippen molar-refractivity contribution in [1.82, 2.24) is 4.98 Å². The van der Waals surface area contributed by atoms with Crippen molar-refractivity contribution < 1.29 is 14.2 Å². The van der Waals surface area contributed by atoms with Crippen molar-refractivity contribution in [3.05, 3.63) is 29.0 Å². The van der Waals surface area contributed by atoms with Crippen LogP contribution >= 0.6 is 0 Å². The molecule has 1 atom stereocenters. The Morgan fingerprint density at radius 1 is 1.15 bits per heavy atom. The van der Waals surface area contributed by atoms with Gasteiger partial charge in [0.05, 0.1) is 21.3 Å². The molecule has 6 heteroatoms. The number of hydrogen-bond donors (Lipinski definition) is 1. The largest absolute Gasteiger partial charge is 0.493 e. The van der Waals surface area contributed by atoms with E-state index in [-0.39, 0.29) is 5.82 Å². The summed E-state index contributed by atoms with van der Waals surface area (Å²) >= 11 is 0. The SMILES string of the molecule is COc1cc(-c2c(C#N)c(N)nc3c2CC(C)CC3)cc(OC)c1OC. The number of rotatable bonds is 4. The molecule has 0 amide bonds. The normalized spacial score (nSPS) is 15.7. The van der Waals surface area contributed by atoms with Crippen LogP contribution in [0.4, 0.5) is 5.82 Å². The first kappa shape index (κ1) is 17.9. The first-order valence-corrected chi connectivity index (χ1v) is 8.55. The van der Waals surface area contributed by atoms with Crippen molar-refractivity contribution in [2.24, 2.45) is 5.92 Å². The van der Waals surface area contributed by atoms with Crippen LogP contribution in [0.5, 0.6) is 17.2 Å². The minimum absolute atomic E-state index is 0.268. The van der Waals surface area contributed by atoms with Gasteiger partial charge in [-0.3, -0.25) is 0 Å². The molecule has 1 unspecified atom stereocenters. The first-order chi connectivity index (χ1) is 12.5. The van der Waals surface area contributed by atoms with E-state index in [2.05, 4.69) is 18.0 Å². The number of ether oxygens (including phenoxy) is 3. The number of aryl methyl sites for hydroxylation is 1. The summed E-state index contributed by atoms with van der Waals surface area (Å²) in [7, 11) is 4.71.